The van der Waals surface area contributed by atoms with Crippen LogP contribution in [0.15, 0.2) is 66.7 Å². The van der Waals surface area contributed by atoms with Crippen LogP contribution < -0.4 is 29.6 Å². The van der Waals surface area contributed by atoms with Gasteiger partial charge >= 0.3 is 20.6 Å². The number of nitrogens with two attached hydrogens (primary N) is 2. The number of hydrogen-bond donors (Lipinski definition) is 4. The lowest BCUT2D eigenvalue weighted by molar-refractivity contribution is -0.118. The van der Waals surface area contributed by atoms with E-state index in [9.17, 15) is 26.4 Å². The summed E-state index contributed by atoms with van der Waals surface area (Å²) in [5.74, 6) is 0.561. The van der Waals surface area contributed by atoms with Crippen LogP contribution in [0.4, 0.5) is 5.69 Å². The van der Waals surface area contributed by atoms with Gasteiger partial charge in [-0.3, -0.25) is 14.4 Å². The van der Waals surface area contributed by atoms with E-state index in [1.807, 2.05) is 33.8 Å². The number of aromatic nitrogens is 2. The molecule has 1 aromatic heterocycles. The summed E-state index contributed by atoms with van der Waals surface area (Å²) < 4.78 is 58.0. The second-order valence-corrected chi connectivity index (χ2v) is 11.6. The molecular weight excluding hydrogens is 652 g/mol. The summed E-state index contributed by atoms with van der Waals surface area (Å²) in [6.07, 6.45) is 3.37. The number of halogens is 1. The van der Waals surface area contributed by atoms with Crippen molar-refractivity contribution in [3.8, 4) is 17.2 Å². The Balaban J connectivity index is 0.000000626. The van der Waals surface area contributed by atoms with Crippen molar-refractivity contribution in [2.75, 3.05) is 4.84 Å². The van der Waals surface area contributed by atoms with Crippen molar-refractivity contribution in [1.29, 1.82) is 0 Å². The molecule has 1 fully saturated rings. The zero-order chi connectivity index (χ0) is 33.7. The van der Waals surface area contributed by atoms with E-state index in [4.69, 9.17) is 21.7 Å². The predicted molar refractivity (Wildman–Crippen MR) is 172 cm³/mol. The summed E-state index contributed by atoms with van der Waals surface area (Å²) in [5.41, 5.74) is 3.36. The number of nitrogens with zero attached hydrogens (tertiary/aromatic N) is 2. The first-order chi connectivity index (χ1) is 20.3. The van der Waals surface area contributed by atoms with E-state index in [1.54, 1.807) is 41.9 Å². The van der Waals surface area contributed by atoms with Crippen molar-refractivity contribution in [2.45, 2.75) is 53.8 Å². The molecule has 45 heavy (non-hydrogen) atoms. The first-order valence-corrected chi connectivity index (χ1v) is 16.0. The Kier molecular flexibility index (Phi) is 17.2. The van der Waals surface area contributed by atoms with Crippen molar-refractivity contribution in [3.05, 3.63) is 78.1 Å². The van der Waals surface area contributed by atoms with Crippen LogP contribution in [0.3, 0.4) is 0 Å². The Labute approximate surface area is 268 Å². The average molecular weight is 691 g/mol. The lowest BCUT2D eigenvalue weighted by Gasteiger charge is -2.06. The number of ether oxygens (including phenoxy) is 1. The number of ketones is 2. The summed E-state index contributed by atoms with van der Waals surface area (Å²) in [4.78, 5) is 22.6. The third kappa shape index (κ3) is 17.9. The van der Waals surface area contributed by atoms with E-state index in [2.05, 4.69) is 23.4 Å². The van der Waals surface area contributed by atoms with Crippen LogP contribution >= 0.6 is 11.8 Å². The SMILES string of the molecule is C/C=C/C(C)=O.CC(=O)C1OC1C.Cc1cc(C)n(-c2ccc(OS(N)(=O)=O)cc2)n1.N.NS(=O)(=O)Oc1ccc(NCl)cc1. The fraction of sp³-hybridized carbons (Fsp3) is 0.296. The second kappa shape index (κ2) is 18.8. The summed E-state index contributed by atoms with van der Waals surface area (Å²) in [7, 11) is -7.93. The third-order valence-corrected chi connectivity index (χ3v) is 6.06. The van der Waals surface area contributed by atoms with Gasteiger partial charge in [0, 0.05) is 23.2 Å². The van der Waals surface area contributed by atoms with Gasteiger partial charge in [-0.05, 0) is 102 Å². The molecule has 15 nitrogen and oxygen atoms in total. The molecule has 2 heterocycles. The molecule has 2 aromatic carbocycles. The Bertz CT molecular complexity index is 1630. The van der Waals surface area contributed by atoms with Crippen LogP contribution in [0.2, 0.25) is 0 Å². The quantitative estimate of drug-likeness (QED) is 0.150. The summed E-state index contributed by atoms with van der Waals surface area (Å²) in [5, 5.41) is 13.7. The molecule has 1 saturated heterocycles. The van der Waals surface area contributed by atoms with Crippen molar-refractivity contribution < 1.29 is 39.5 Å². The third-order valence-electron chi connectivity index (χ3n) is 4.99. The normalized spacial score (nSPS) is 15.0. The summed E-state index contributed by atoms with van der Waals surface area (Å²) in [6, 6.07) is 14.4. The van der Waals surface area contributed by atoms with Crippen molar-refractivity contribution >= 4 is 49.6 Å². The number of carbonyl (C=O) groups is 2. The lowest BCUT2D eigenvalue weighted by Crippen LogP contribution is -2.18. The van der Waals surface area contributed by atoms with Gasteiger partial charge in [0.15, 0.2) is 11.6 Å². The van der Waals surface area contributed by atoms with E-state index < -0.39 is 20.6 Å². The highest BCUT2D eigenvalue weighted by Gasteiger charge is 2.38. The van der Waals surface area contributed by atoms with Crippen molar-refractivity contribution in [2.24, 2.45) is 10.3 Å². The van der Waals surface area contributed by atoms with Gasteiger partial charge in [-0.2, -0.15) is 32.2 Å². The van der Waals surface area contributed by atoms with Crippen LogP contribution in [0, 0.1) is 13.8 Å². The van der Waals surface area contributed by atoms with Crippen molar-refractivity contribution in [1.82, 2.24) is 15.9 Å². The largest absolute Gasteiger partial charge is 0.380 e. The Morgan fingerprint density at radius 3 is 1.64 bits per heavy atom. The number of aryl methyl sites for hydroxylation is 2. The van der Waals surface area contributed by atoms with Crippen molar-refractivity contribution in [3.63, 3.8) is 0 Å². The predicted octanol–water partition coefficient (Wildman–Crippen LogP) is 3.58. The first-order valence-electron chi connectivity index (χ1n) is 12.7. The molecule has 0 amide bonds. The summed E-state index contributed by atoms with van der Waals surface area (Å²) >= 11 is 5.28. The number of allylic oxidation sites excluding steroid dienone is 2. The highest BCUT2D eigenvalue weighted by Crippen LogP contribution is 2.21. The molecule has 1 aliphatic heterocycles. The molecule has 2 unspecified atom stereocenters. The van der Waals surface area contributed by atoms with Crippen LogP contribution in [-0.2, 0) is 34.9 Å². The van der Waals surface area contributed by atoms with Crippen LogP contribution in [0.25, 0.3) is 5.69 Å². The maximum Gasteiger partial charge on any atom is 0.380 e. The molecule has 4 rings (SSSR count). The number of rotatable bonds is 8. The summed E-state index contributed by atoms with van der Waals surface area (Å²) in [6.45, 7) is 10.6. The van der Waals surface area contributed by atoms with Gasteiger partial charge in [0.25, 0.3) is 0 Å². The Morgan fingerprint density at radius 2 is 1.40 bits per heavy atom. The molecule has 0 radical (unpaired) electrons. The molecule has 1 aliphatic rings. The van der Waals surface area contributed by atoms with E-state index in [0.717, 1.165) is 17.1 Å². The van der Waals surface area contributed by atoms with Crippen LogP contribution in [0.1, 0.15) is 39.1 Å². The maximum atomic E-state index is 10.8. The van der Waals surface area contributed by atoms with Gasteiger partial charge < -0.3 is 19.3 Å². The van der Waals surface area contributed by atoms with Crippen LogP contribution in [-0.4, -0.2) is 50.4 Å². The molecule has 0 saturated carbocycles. The monoisotopic (exact) mass is 690 g/mol. The van der Waals surface area contributed by atoms with Gasteiger partial charge in [0.2, 0.25) is 0 Å². The minimum absolute atomic E-state index is 0. The molecule has 8 N–H and O–H groups in total. The number of carbonyl (C=O) groups excluding carboxylic acids is 2. The molecule has 18 heteroatoms. The van der Waals surface area contributed by atoms with Gasteiger partial charge in [-0.1, -0.05) is 6.08 Å². The fourth-order valence-electron chi connectivity index (χ4n) is 3.22. The first kappa shape index (κ1) is 41.2. The van der Waals surface area contributed by atoms with Gasteiger partial charge in [0.1, 0.15) is 17.6 Å². The molecule has 250 valence electrons. The minimum atomic E-state index is -3.98. The molecular formula is C27H39ClN6O9S2. The smallest absolute Gasteiger partial charge is 0.371 e. The van der Waals surface area contributed by atoms with Gasteiger partial charge in [-0.25, -0.2) is 4.68 Å². The molecule has 0 bridgehead atoms. The Hall–Kier alpha value is -3.84. The molecule has 0 spiro atoms. The Morgan fingerprint density at radius 1 is 0.956 bits per heavy atom. The van der Waals surface area contributed by atoms with E-state index in [1.165, 1.54) is 37.3 Å². The molecule has 2 atom stereocenters. The highest BCUT2D eigenvalue weighted by molar-refractivity contribution is 7.85. The lowest BCUT2D eigenvalue weighted by atomic mass is 10.3. The number of benzene rings is 2. The molecule has 0 aliphatic carbocycles. The standard InChI is InChI=1S/C11H13N3O3S.C6H7ClN2O3S.C5H8O2.C5H8O.H3N/c1-8-7-9(2)14(13-8)10-3-5-11(6-4-10)17-18(12,15)16;7-9-5-1-3-6(4-2-5)12-13(8,10)11;1-3(6)5-4(2)7-5;1-3-4-5(2)6;/h3-7H,1-2H3,(H2,12,15,16);1-4,9H,(H2,8,10,11);4-5H,1-2H3;3-4H,1-2H3;1H3/b;;;4-3+;. The molecule has 3 aromatic rings. The second-order valence-electron chi connectivity index (χ2n) is 9.09. The average Bonchev–Trinajstić information content (AvgIpc) is 3.55. The van der Waals surface area contributed by atoms with Gasteiger partial charge in [-0.15, -0.1) is 0 Å². The van der Waals surface area contributed by atoms with E-state index in [-0.39, 0.29) is 41.4 Å². The topological polar surface area (TPSA) is 250 Å². The minimum Gasteiger partial charge on any atom is -0.371 e. The number of hydrogen-bond acceptors (Lipinski definition) is 12. The zero-order valence-corrected chi connectivity index (χ0v) is 28.0. The van der Waals surface area contributed by atoms with Gasteiger partial charge in [0.05, 0.1) is 17.5 Å². The zero-order valence-electron chi connectivity index (χ0n) is 25.6. The number of Topliss-reactive ketones (excluding diaryl/α,β-unsaturated/α-hetero) is 1. The maximum absolute atomic E-state index is 10.8. The number of epoxide rings is 1. The number of nitrogens with one attached hydrogen (secondary N) is 1. The fourth-order valence-corrected chi connectivity index (χ4v) is 4.11. The van der Waals surface area contributed by atoms with E-state index >= 15 is 0 Å². The van der Waals surface area contributed by atoms with Crippen LogP contribution in [0.5, 0.6) is 11.5 Å². The number of anilines is 1. The highest BCUT2D eigenvalue weighted by atomic mass is 35.5. The van der Waals surface area contributed by atoms with E-state index in [0.29, 0.717) is 5.69 Å².